The highest BCUT2D eigenvalue weighted by Crippen LogP contribution is 2.08. The maximum atomic E-state index is 11.1. The minimum Gasteiger partial charge on any atom is -0.468 e. The number of carbonyl (C=O) groups excluding carboxylic acids is 1. The number of methoxy groups -OCH3 is 1. The summed E-state index contributed by atoms with van der Waals surface area (Å²) in [5.41, 5.74) is 0.473. The minimum atomic E-state index is -3.73. The van der Waals surface area contributed by atoms with Gasteiger partial charge in [0.25, 0.3) is 0 Å². The molecule has 1 rings (SSSR count). The quantitative estimate of drug-likeness (QED) is 0.604. The van der Waals surface area contributed by atoms with Crippen LogP contribution in [-0.4, -0.2) is 21.5 Å². The first-order chi connectivity index (χ1) is 7.93. The third-order valence-electron chi connectivity index (χ3n) is 1.86. The van der Waals surface area contributed by atoms with Crippen LogP contribution in [0.3, 0.4) is 0 Å². The molecule has 0 heterocycles. The van der Waals surface area contributed by atoms with Crippen molar-refractivity contribution in [2.75, 3.05) is 7.11 Å². The molecule has 17 heavy (non-hydrogen) atoms. The Morgan fingerprint density at radius 3 is 2.76 bits per heavy atom. The highest BCUT2D eigenvalue weighted by atomic mass is 32.2. The summed E-state index contributed by atoms with van der Waals surface area (Å²) >= 11 is 0. The summed E-state index contributed by atoms with van der Waals surface area (Å²) in [5.74, 6) is 4.78. The summed E-state index contributed by atoms with van der Waals surface area (Å²) in [6.07, 6.45) is -0.0455. The number of rotatable bonds is 2. The summed E-state index contributed by atoms with van der Waals surface area (Å²) in [4.78, 5) is 10.8. The van der Waals surface area contributed by atoms with E-state index >= 15 is 0 Å². The minimum absolute atomic E-state index is 0.0117. The highest BCUT2D eigenvalue weighted by molar-refractivity contribution is 7.89. The Labute approximate surface area is 99.6 Å². The molecule has 5 nitrogen and oxygen atoms in total. The lowest BCUT2D eigenvalue weighted by Gasteiger charge is -1.97. The van der Waals surface area contributed by atoms with Crippen LogP contribution in [0.2, 0.25) is 0 Å². The van der Waals surface area contributed by atoms with Crippen LogP contribution in [0.1, 0.15) is 12.0 Å². The summed E-state index contributed by atoms with van der Waals surface area (Å²) < 4.78 is 26.5. The van der Waals surface area contributed by atoms with Gasteiger partial charge in [0.05, 0.1) is 12.0 Å². The first kappa shape index (κ1) is 13.2. The number of benzene rings is 1. The average Bonchev–Trinajstić information content (AvgIpc) is 2.28. The highest BCUT2D eigenvalue weighted by Gasteiger charge is 2.06. The van der Waals surface area contributed by atoms with Crippen LogP contribution in [0.4, 0.5) is 0 Å². The number of primary sulfonamides is 1. The van der Waals surface area contributed by atoms with E-state index in [1.165, 1.54) is 25.3 Å². The van der Waals surface area contributed by atoms with E-state index < -0.39 is 16.0 Å². The fourth-order valence-corrected chi connectivity index (χ4v) is 1.60. The third-order valence-corrected chi connectivity index (χ3v) is 2.77. The van der Waals surface area contributed by atoms with Gasteiger partial charge in [-0.05, 0) is 18.2 Å². The van der Waals surface area contributed by atoms with E-state index in [-0.39, 0.29) is 11.3 Å². The van der Waals surface area contributed by atoms with E-state index in [4.69, 9.17) is 5.14 Å². The molecule has 6 heteroatoms. The third kappa shape index (κ3) is 4.26. The van der Waals surface area contributed by atoms with Crippen molar-refractivity contribution in [3.05, 3.63) is 29.8 Å². The monoisotopic (exact) mass is 253 g/mol. The van der Waals surface area contributed by atoms with E-state index in [9.17, 15) is 13.2 Å². The zero-order valence-corrected chi connectivity index (χ0v) is 9.95. The van der Waals surface area contributed by atoms with Crippen LogP contribution in [0.5, 0.6) is 0 Å². The number of nitrogens with two attached hydrogens (primary N) is 1. The number of hydrogen-bond acceptors (Lipinski definition) is 4. The molecule has 0 bridgehead atoms. The van der Waals surface area contributed by atoms with Crippen LogP contribution >= 0.6 is 0 Å². The molecule has 0 saturated heterocycles. The van der Waals surface area contributed by atoms with Crippen molar-refractivity contribution < 1.29 is 17.9 Å². The Balaban J connectivity index is 2.90. The van der Waals surface area contributed by atoms with Crippen LogP contribution in [-0.2, 0) is 19.6 Å². The van der Waals surface area contributed by atoms with E-state index in [0.717, 1.165) is 0 Å². The van der Waals surface area contributed by atoms with Crippen LogP contribution in [0.25, 0.3) is 0 Å². The van der Waals surface area contributed by atoms with Gasteiger partial charge in [-0.2, -0.15) is 0 Å². The Morgan fingerprint density at radius 1 is 1.47 bits per heavy atom. The van der Waals surface area contributed by atoms with Gasteiger partial charge in [-0.25, -0.2) is 13.6 Å². The summed E-state index contributed by atoms with van der Waals surface area (Å²) in [5, 5.41) is 4.97. The largest absolute Gasteiger partial charge is 0.468 e. The van der Waals surface area contributed by atoms with E-state index in [1.54, 1.807) is 6.07 Å². The molecule has 1 aromatic rings. The lowest BCUT2D eigenvalue weighted by Crippen LogP contribution is -2.11. The second-order valence-corrected chi connectivity index (χ2v) is 4.69. The first-order valence-corrected chi connectivity index (χ1v) is 6.16. The fraction of sp³-hybridized carbons (Fsp3) is 0.182. The molecule has 0 saturated carbocycles. The molecule has 0 atom stereocenters. The van der Waals surface area contributed by atoms with Crippen molar-refractivity contribution in [3.8, 4) is 11.8 Å². The Hall–Kier alpha value is -1.84. The lowest BCUT2D eigenvalue weighted by molar-refractivity contribution is -0.139. The van der Waals surface area contributed by atoms with Crippen molar-refractivity contribution in [2.45, 2.75) is 11.3 Å². The molecule has 90 valence electrons. The van der Waals surface area contributed by atoms with Crippen molar-refractivity contribution in [1.29, 1.82) is 0 Å². The maximum absolute atomic E-state index is 11.1. The van der Waals surface area contributed by atoms with Gasteiger partial charge in [-0.1, -0.05) is 17.9 Å². The number of esters is 1. The van der Waals surface area contributed by atoms with Gasteiger partial charge in [0, 0.05) is 5.56 Å². The zero-order chi connectivity index (χ0) is 12.9. The van der Waals surface area contributed by atoms with E-state index in [1.807, 2.05) is 0 Å². The van der Waals surface area contributed by atoms with Gasteiger partial charge in [0.1, 0.15) is 6.42 Å². The van der Waals surface area contributed by atoms with Crippen LogP contribution in [0.15, 0.2) is 29.2 Å². The second kappa shape index (κ2) is 5.48. The molecule has 0 fully saturated rings. The van der Waals surface area contributed by atoms with Gasteiger partial charge in [-0.3, -0.25) is 4.79 Å². The fourth-order valence-electron chi connectivity index (χ4n) is 1.04. The molecule has 0 radical (unpaired) electrons. The standard InChI is InChI=1S/C11H11NO4S/c1-16-11(13)7-3-5-9-4-2-6-10(8-9)17(12,14)15/h2,4,6,8H,7H2,1H3,(H2,12,14,15). The van der Waals surface area contributed by atoms with Gasteiger partial charge in [-0.15, -0.1) is 0 Å². The van der Waals surface area contributed by atoms with Crippen molar-refractivity contribution in [3.63, 3.8) is 0 Å². The van der Waals surface area contributed by atoms with E-state index in [2.05, 4.69) is 16.6 Å². The first-order valence-electron chi connectivity index (χ1n) is 4.62. The molecule has 0 aliphatic rings. The number of sulfonamides is 1. The molecule has 0 spiro atoms. The number of ether oxygens (including phenoxy) is 1. The zero-order valence-electron chi connectivity index (χ0n) is 9.14. The Bertz CT molecular complexity index is 581. The molecule has 1 aromatic carbocycles. The van der Waals surface area contributed by atoms with E-state index in [0.29, 0.717) is 5.56 Å². The van der Waals surface area contributed by atoms with Gasteiger partial charge in [0.2, 0.25) is 10.0 Å². The molecule has 2 N–H and O–H groups in total. The second-order valence-electron chi connectivity index (χ2n) is 3.13. The topological polar surface area (TPSA) is 86.5 Å². The number of hydrogen-bond donors (Lipinski definition) is 1. The maximum Gasteiger partial charge on any atom is 0.317 e. The molecular formula is C11H11NO4S. The lowest BCUT2D eigenvalue weighted by atomic mass is 10.2. The Kier molecular flexibility index (Phi) is 4.26. The van der Waals surface area contributed by atoms with Crippen LogP contribution in [0, 0.1) is 11.8 Å². The van der Waals surface area contributed by atoms with Crippen LogP contribution < -0.4 is 5.14 Å². The van der Waals surface area contributed by atoms with Crippen molar-refractivity contribution in [1.82, 2.24) is 0 Å². The molecule has 0 amide bonds. The molecule has 0 unspecified atom stereocenters. The van der Waals surface area contributed by atoms with Gasteiger partial charge >= 0.3 is 5.97 Å². The number of carbonyl (C=O) groups is 1. The Morgan fingerprint density at radius 2 is 2.18 bits per heavy atom. The normalized spacial score (nSPS) is 10.2. The summed E-state index contributed by atoms with van der Waals surface area (Å²) in [6, 6.07) is 5.88. The predicted octanol–water partition coefficient (Wildman–Crippen LogP) is 0.249. The smallest absolute Gasteiger partial charge is 0.317 e. The van der Waals surface area contributed by atoms with Crippen molar-refractivity contribution >= 4 is 16.0 Å². The SMILES string of the molecule is COC(=O)CC#Cc1cccc(S(N)(=O)=O)c1. The van der Waals surface area contributed by atoms with Gasteiger partial charge in [0.15, 0.2) is 0 Å². The molecule has 0 aliphatic carbocycles. The summed E-state index contributed by atoms with van der Waals surface area (Å²) in [6.45, 7) is 0. The molecular weight excluding hydrogens is 242 g/mol. The summed E-state index contributed by atoms with van der Waals surface area (Å²) in [7, 11) is -2.46. The molecule has 0 aliphatic heterocycles. The molecule has 0 aromatic heterocycles. The van der Waals surface area contributed by atoms with Gasteiger partial charge < -0.3 is 4.74 Å². The predicted molar refractivity (Wildman–Crippen MR) is 61.3 cm³/mol. The average molecular weight is 253 g/mol. The van der Waals surface area contributed by atoms with Crippen molar-refractivity contribution in [2.24, 2.45) is 5.14 Å².